The molecule has 0 radical (unpaired) electrons. The Hall–Kier alpha value is -1.88. The number of amides is 1. The summed E-state index contributed by atoms with van der Waals surface area (Å²) in [6.45, 7) is 5.77. The molecule has 1 amide bonds. The van der Waals surface area contributed by atoms with Crippen molar-refractivity contribution >= 4 is 29.0 Å². The van der Waals surface area contributed by atoms with Crippen LogP contribution < -0.4 is 5.32 Å². The maximum absolute atomic E-state index is 11.8. The third-order valence-corrected chi connectivity index (χ3v) is 3.50. The van der Waals surface area contributed by atoms with Crippen molar-refractivity contribution in [3.63, 3.8) is 0 Å². The van der Waals surface area contributed by atoms with Crippen LogP contribution in [0.15, 0.2) is 18.2 Å². The highest BCUT2D eigenvalue weighted by atomic mass is 32.1. The van der Waals surface area contributed by atoms with Gasteiger partial charge in [-0.05, 0) is 39.0 Å². The van der Waals surface area contributed by atoms with Crippen molar-refractivity contribution in [2.75, 3.05) is 5.32 Å². The van der Waals surface area contributed by atoms with Gasteiger partial charge in [0.05, 0.1) is 17.1 Å². The van der Waals surface area contributed by atoms with E-state index in [4.69, 9.17) is 0 Å². The van der Waals surface area contributed by atoms with E-state index < -0.39 is 0 Å². The smallest absolute Gasteiger partial charge is 0.248 e. The number of aryl methyl sites for hydroxylation is 3. The lowest BCUT2D eigenvalue weighted by atomic mass is 10.3. The number of hydrogen-bond donors (Lipinski definition) is 2. The first kappa shape index (κ1) is 12.6. The lowest BCUT2D eigenvalue weighted by Crippen LogP contribution is -2.08. The van der Waals surface area contributed by atoms with Crippen molar-refractivity contribution in [1.29, 1.82) is 0 Å². The molecule has 94 valence electrons. The Morgan fingerprint density at radius 3 is 2.72 bits per heavy atom. The van der Waals surface area contributed by atoms with Gasteiger partial charge in [0, 0.05) is 15.8 Å². The van der Waals surface area contributed by atoms with Gasteiger partial charge in [-0.3, -0.25) is 9.89 Å². The number of aromatic nitrogens is 2. The van der Waals surface area contributed by atoms with E-state index in [0.717, 1.165) is 22.0 Å². The molecule has 5 heteroatoms. The zero-order valence-corrected chi connectivity index (χ0v) is 11.4. The highest BCUT2D eigenvalue weighted by Crippen LogP contribution is 2.18. The quantitative estimate of drug-likeness (QED) is 0.834. The van der Waals surface area contributed by atoms with Gasteiger partial charge in [-0.25, -0.2) is 0 Å². The molecule has 0 aromatic carbocycles. The lowest BCUT2D eigenvalue weighted by molar-refractivity contribution is -0.111. The summed E-state index contributed by atoms with van der Waals surface area (Å²) in [5.41, 5.74) is 2.41. The van der Waals surface area contributed by atoms with E-state index in [2.05, 4.69) is 15.5 Å². The Bertz CT molecular complexity index is 576. The van der Waals surface area contributed by atoms with Crippen LogP contribution in [0.25, 0.3) is 6.08 Å². The van der Waals surface area contributed by atoms with Crippen molar-refractivity contribution in [1.82, 2.24) is 10.2 Å². The minimum absolute atomic E-state index is 0.145. The summed E-state index contributed by atoms with van der Waals surface area (Å²) in [4.78, 5) is 14.1. The van der Waals surface area contributed by atoms with Crippen LogP contribution in [0, 0.1) is 20.8 Å². The molecule has 18 heavy (non-hydrogen) atoms. The molecule has 0 spiro atoms. The van der Waals surface area contributed by atoms with Crippen LogP contribution in [0.3, 0.4) is 0 Å². The molecule has 4 nitrogen and oxygen atoms in total. The first-order valence-corrected chi connectivity index (χ1v) is 6.45. The molecular formula is C13H15N3OS. The SMILES string of the molecule is Cc1ccc(/C=C/C(=O)Nc2c(C)n[nH]c2C)s1. The van der Waals surface area contributed by atoms with Crippen LogP contribution in [0.4, 0.5) is 5.69 Å². The van der Waals surface area contributed by atoms with Crippen molar-refractivity contribution in [3.05, 3.63) is 39.4 Å². The van der Waals surface area contributed by atoms with Crippen LogP contribution in [0.1, 0.15) is 21.1 Å². The third-order valence-electron chi connectivity index (χ3n) is 2.54. The molecule has 0 bridgehead atoms. The number of rotatable bonds is 3. The molecule has 0 unspecified atom stereocenters. The van der Waals surface area contributed by atoms with E-state index in [1.807, 2.05) is 39.0 Å². The van der Waals surface area contributed by atoms with Gasteiger partial charge in [0.15, 0.2) is 0 Å². The average molecular weight is 261 g/mol. The molecule has 2 aromatic heterocycles. The van der Waals surface area contributed by atoms with Crippen molar-refractivity contribution in [2.24, 2.45) is 0 Å². The number of thiophene rings is 1. The van der Waals surface area contributed by atoms with Gasteiger partial charge in [0.25, 0.3) is 0 Å². The predicted molar refractivity (Wildman–Crippen MR) is 74.8 cm³/mol. The van der Waals surface area contributed by atoms with E-state index in [0.29, 0.717) is 0 Å². The molecule has 0 fully saturated rings. The molecule has 2 heterocycles. The topological polar surface area (TPSA) is 57.8 Å². The Balaban J connectivity index is 2.03. The largest absolute Gasteiger partial charge is 0.319 e. The zero-order valence-electron chi connectivity index (χ0n) is 10.6. The van der Waals surface area contributed by atoms with E-state index in [9.17, 15) is 4.79 Å². The Morgan fingerprint density at radius 2 is 2.17 bits per heavy atom. The second kappa shape index (κ2) is 5.18. The molecule has 2 rings (SSSR count). The molecule has 0 aliphatic carbocycles. The monoisotopic (exact) mass is 261 g/mol. The molecule has 0 aliphatic heterocycles. The maximum Gasteiger partial charge on any atom is 0.248 e. The molecule has 0 saturated carbocycles. The molecule has 0 atom stereocenters. The summed E-state index contributed by atoms with van der Waals surface area (Å²) in [5.74, 6) is -0.145. The van der Waals surface area contributed by atoms with E-state index in [1.165, 1.54) is 11.0 Å². The minimum atomic E-state index is -0.145. The van der Waals surface area contributed by atoms with Crippen LogP contribution in [-0.2, 0) is 4.79 Å². The Labute approximate surface area is 110 Å². The number of carbonyl (C=O) groups is 1. The minimum Gasteiger partial charge on any atom is -0.319 e. The number of aromatic amines is 1. The van der Waals surface area contributed by atoms with Gasteiger partial charge < -0.3 is 5.32 Å². The predicted octanol–water partition coefficient (Wildman–Crippen LogP) is 3.05. The summed E-state index contributed by atoms with van der Waals surface area (Å²) in [6.07, 6.45) is 3.36. The molecule has 2 N–H and O–H groups in total. The highest BCUT2D eigenvalue weighted by molar-refractivity contribution is 7.12. The number of anilines is 1. The summed E-state index contributed by atoms with van der Waals surface area (Å²) in [6, 6.07) is 4.03. The first-order valence-electron chi connectivity index (χ1n) is 5.63. The van der Waals surface area contributed by atoms with Crippen LogP contribution in [0.2, 0.25) is 0 Å². The standard InChI is InChI=1S/C13H15N3OS/c1-8-4-5-11(18-8)6-7-12(17)14-13-9(2)15-16-10(13)3/h4-7H,1-3H3,(H,14,17)(H,15,16)/b7-6+. The summed E-state index contributed by atoms with van der Waals surface area (Å²) in [5, 5.41) is 9.68. The van der Waals surface area contributed by atoms with E-state index in [1.54, 1.807) is 11.3 Å². The van der Waals surface area contributed by atoms with Gasteiger partial charge in [-0.1, -0.05) is 0 Å². The first-order chi connectivity index (χ1) is 8.56. The van der Waals surface area contributed by atoms with Crippen LogP contribution >= 0.6 is 11.3 Å². The van der Waals surface area contributed by atoms with Gasteiger partial charge in [0.1, 0.15) is 0 Å². The Kier molecular flexibility index (Phi) is 3.62. The summed E-state index contributed by atoms with van der Waals surface area (Å²) >= 11 is 1.66. The lowest BCUT2D eigenvalue weighted by Gasteiger charge is -2.00. The van der Waals surface area contributed by atoms with Crippen molar-refractivity contribution in [3.8, 4) is 0 Å². The van der Waals surface area contributed by atoms with Gasteiger partial charge in [-0.2, -0.15) is 5.10 Å². The summed E-state index contributed by atoms with van der Waals surface area (Å²) < 4.78 is 0. The molecule has 0 saturated heterocycles. The second-order valence-electron chi connectivity index (χ2n) is 4.08. The average Bonchev–Trinajstić information content (AvgIpc) is 2.87. The number of H-pyrrole nitrogens is 1. The fourth-order valence-corrected chi connectivity index (χ4v) is 2.38. The van der Waals surface area contributed by atoms with Gasteiger partial charge in [0.2, 0.25) is 5.91 Å². The number of nitrogens with zero attached hydrogens (tertiary/aromatic N) is 1. The van der Waals surface area contributed by atoms with Crippen molar-refractivity contribution in [2.45, 2.75) is 20.8 Å². The Morgan fingerprint density at radius 1 is 1.39 bits per heavy atom. The molecular weight excluding hydrogens is 246 g/mol. The normalized spacial score (nSPS) is 11.1. The third kappa shape index (κ3) is 2.87. The van der Waals surface area contributed by atoms with Crippen molar-refractivity contribution < 1.29 is 4.79 Å². The highest BCUT2D eigenvalue weighted by Gasteiger charge is 2.07. The number of hydrogen-bond acceptors (Lipinski definition) is 3. The fraction of sp³-hybridized carbons (Fsp3) is 0.231. The van der Waals surface area contributed by atoms with Gasteiger partial charge >= 0.3 is 0 Å². The second-order valence-corrected chi connectivity index (χ2v) is 5.40. The van der Waals surface area contributed by atoms with E-state index in [-0.39, 0.29) is 5.91 Å². The van der Waals surface area contributed by atoms with Gasteiger partial charge in [-0.15, -0.1) is 11.3 Å². The number of carbonyl (C=O) groups excluding carboxylic acids is 1. The molecule has 0 aliphatic rings. The van der Waals surface area contributed by atoms with E-state index >= 15 is 0 Å². The molecule has 2 aromatic rings. The zero-order chi connectivity index (χ0) is 13.1. The number of nitrogens with one attached hydrogen (secondary N) is 2. The summed E-state index contributed by atoms with van der Waals surface area (Å²) in [7, 11) is 0. The van der Waals surface area contributed by atoms with Crippen LogP contribution in [0.5, 0.6) is 0 Å². The maximum atomic E-state index is 11.8. The fourth-order valence-electron chi connectivity index (χ4n) is 1.60. The van der Waals surface area contributed by atoms with Crippen LogP contribution in [-0.4, -0.2) is 16.1 Å².